The van der Waals surface area contributed by atoms with E-state index in [9.17, 15) is 39.0 Å². The summed E-state index contributed by atoms with van der Waals surface area (Å²) in [6.45, 7) is 1.43. The normalized spacial score (nSPS) is 14.9. The van der Waals surface area contributed by atoms with Gasteiger partial charge in [0.1, 0.15) is 17.5 Å². The predicted molar refractivity (Wildman–Crippen MR) is 202 cm³/mol. The molecule has 19 heteroatoms. The van der Waals surface area contributed by atoms with Gasteiger partial charge in [-0.1, -0.05) is 24.3 Å². The molecule has 5 rings (SSSR count). The number of nitrogens with zero attached hydrogens (tertiary/aromatic N) is 2. The van der Waals surface area contributed by atoms with Crippen molar-refractivity contribution in [3.05, 3.63) is 81.3 Å². The molecule has 2 atom stereocenters. The van der Waals surface area contributed by atoms with Gasteiger partial charge in [-0.25, -0.2) is 9.97 Å². The SMILES string of the molecule is Cc1cnc(NCC(=O)NCC(=O)N[C@@H](Cc2ccc(O)cc2)C(N)=O)s1.NC(=O)[C@H]1CC(=O)CNC(=O)CNc2ncc(s2)Cc2cc(ccc2O)C1. The van der Waals surface area contributed by atoms with Crippen molar-refractivity contribution < 1.29 is 39.0 Å². The van der Waals surface area contributed by atoms with E-state index in [1.807, 2.05) is 13.0 Å². The van der Waals surface area contributed by atoms with Gasteiger partial charge in [0.25, 0.3) is 0 Å². The van der Waals surface area contributed by atoms with E-state index in [4.69, 9.17) is 11.5 Å². The van der Waals surface area contributed by atoms with Crippen LogP contribution in [0.15, 0.2) is 54.9 Å². The van der Waals surface area contributed by atoms with E-state index in [0.29, 0.717) is 22.2 Å². The summed E-state index contributed by atoms with van der Waals surface area (Å²) in [4.78, 5) is 81.3. The number of Topliss-reactive ketones (excluding diaryl/α,β-unsaturated/α-hetero) is 1. The first-order chi connectivity index (χ1) is 25.7. The molecule has 4 bridgehead atoms. The molecule has 0 saturated heterocycles. The minimum Gasteiger partial charge on any atom is -0.508 e. The van der Waals surface area contributed by atoms with Crippen molar-refractivity contribution in [1.82, 2.24) is 25.9 Å². The lowest BCUT2D eigenvalue weighted by Crippen LogP contribution is -2.49. The van der Waals surface area contributed by atoms with Crippen LogP contribution in [0.25, 0.3) is 0 Å². The molecule has 0 fully saturated rings. The number of aromatic hydroxyl groups is 2. The summed E-state index contributed by atoms with van der Waals surface area (Å²) in [5.41, 5.74) is 13.0. The Morgan fingerprint density at radius 3 is 2.37 bits per heavy atom. The number of thiazole rings is 2. The van der Waals surface area contributed by atoms with E-state index in [1.54, 1.807) is 36.7 Å². The van der Waals surface area contributed by atoms with Crippen LogP contribution in [0.1, 0.15) is 32.9 Å². The number of amides is 5. The van der Waals surface area contributed by atoms with Crippen molar-refractivity contribution >= 4 is 68.3 Å². The molecule has 54 heavy (non-hydrogen) atoms. The van der Waals surface area contributed by atoms with Gasteiger partial charge in [-0.3, -0.25) is 28.8 Å². The molecule has 0 radical (unpaired) electrons. The lowest BCUT2D eigenvalue weighted by molar-refractivity contribution is -0.128. The third kappa shape index (κ3) is 13.5. The number of hydrogen-bond acceptors (Lipinski definition) is 14. The molecule has 0 unspecified atom stereocenters. The van der Waals surface area contributed by atoms with Gasteiger partial charge in [0.15, 0.2) is 16.0 Å². The van der Waals surface area contributed by atoms with Gasteiger partial charge in [0.2, 0.25) is 29.5 Å². The maximum atomic E-state index is 12.1. The molecule has 3 heterocycles. The molecule has 17 nitrogen and oxygen atoms in total. The second-order valence-electron chi connectivity index (χ2n) is 12.2. The van der Waals surface area contributed by atoms with Crippen LogP contribution in [0.2, 0.25) is 0 Å². The van der Waals surface area contributed by atoms with E-state index < -0.39 is 29.7 Å². The fourth-order valence-electron chi connectivity index (χ4n) is 5.06. The average Bonchev–Trinajstić information content (AvgIpc) is 3.77. The molecule has 11 N–H and O–H groups in total. The second kappa shape index (κ2) is 19.7. The number of anilines is 2. The first kappa shape index (κ1) is 40.7. The van der Waals surface area contributed by atoms with Crippen molar-refractivity contribution in [2.75, 3.05) is 36.8 Å². The number of aromatic nitrogens is 2. The monoisotopic (exact) mass is 779 g/mol. The van der Waals surface area contributed by atoms with Crippen molar-refractivity contribution in [3.63, 3.8) is 0 Å². The average molecular weight is 780 g/mol. The van der Waals surface area contributed by atoms with E-state index in [0.717, 1.165) is 20.9 Å². The summed E-state index contributed by atoms with van der Waals surface area (Å²) in [6, 6.07) is 10.4. The fourth-order valence-corrected chi connectivity index (χ4v) is 6.55. The van der Waals surface area contributed by atoms with Crippen LogP contribution in [0.4, 0.5) is 10.3 Å². The number of rotatable bonds is 10. The summed E-state index contributed by atoms with van der Waals surface area (Å²) >= 11 is 2.80. The summed E-state index contributed by atoms with van der Waals surface area (Å²) in [5.74, 6) is -3.21. The lowest BCUT2D eigenvalue weighted by Gasteiger charge is -2.16. The van der Waals surface area contributed by atoms with Crippen LogP contribution in [-0.2, 0) is 48.0 Å². The highest BCUT2D eigenvalue weighted by Crippen LogP contribution is 2.27. The summed E-state index contributed by atoms with van der Waals surface area (Å²) in [7, 11) is 0. The minimum absolute atomic E-state index is 0.0137. The maximum Gasteiger partial charge on any atom is 0.240 e. The minimum atomic E-state index is -0.921. The van der Waals surface area contributed by atoms with Crippen molar-refractivity contribution in [2.45, 2.75) is 38.6 Å². The number of phenols is 2. The number of phenolic OH excluding ortho intramolecular Hbond substituents is 2. The first-order valence-corrected chi connectivity index (χ1v) is 18.2. The van der Waals surface area contributed by atoms with Crippen LogP contribution >= 0.6 is 22.7 Å². The smallest absolute Gasteiger partial charge is 0.240 e. The van der Waals surface area contributed by atoms with Crippen LogP contribution in [0, 0.1) is 12.8 Å². The quantitative estimate of drug-likeness (QED) is 0.106. The fraction of sp³-hybridized carbons (Fsp3) is 0.314. The number of hydrogen-bond donors (Lipinski definition) is 9. The van der Waals surface area contributed by atoms with Crippen LogP contribution in [0.3, 0.4) is 0 Å². The van der Waals surface area contributed by atoms with Crippen LogP contribution < -0.4 is 38.1 Å². The molecule has 5 amide bonds. The van der Waals surface area contributed by atoms with E-state index in [-0.39, 0.29) is 74.5 Å². The highest BCUT2D eigenvalue weighted by molar-refractivity contribution is 7.15. The Morgan fingerprint density at radius 2 is 1.69 bits per heavy atom. The third-order valence-corrected chi connectivity index (χ3v) is 9.65. The molecule has 4 aromatic rings. The molecular weight excluding hydrogens is 739 g/mol. The number of nitrogens with two attached hydrogens (primary N) is 2. The number of fused-ring (bicyclic) bond motifs is 4. The van der Waals surface area contributed by atoms with Crippen LogP contribution in [0.5, 0.6) is 11.5 Å². The molecule has 0 saturated carbocycles. The summed E-state index contributed by atoms with van der Waals surface area (Å²) in [6.07, 6.45) is 4.26. The standard InChI is InChI=1S/C18H20N4O4S.C17H21N5O4S/c19-17(26)12-4-10-1-2-15(24)11(3-10)6-14-8-21-18(27-14)22-9-16(25)20-7-13(23)5-12;1-10-7-20-17(27-10)21-8-14(24)19-9-15(25)22-13(16(18)26)6-11-2-4-12(23)5-3-11/h1-3,8,12,24H,4-7,9H2,(H2,19,26)(H,20,25)(H,21,22);2-5,7,13,23H,6,8-9H2,1H3,(H2,18,26)(H,19,24)(H,20,21)(H,22,25)/t12-;13-/m10/s1. The molecule has 1 aliphatic rings. The van der Waals surface area contributed by atoms with Crippen molar-refractivity contribution in [3.8, 4) is 11.5 Å². The van der Waals surface area contributed by atoms with Gasteiger partial charge < -0.3 is 48.3 Å². The van der Waals surface area contributed by atoms with Gasteiger partial charge in [-0.15, -0.1) is 22.7 Å². The number of nitrogens with one attached hydrogen (secondary N) is 5. The second-order valence-corrected chi connectivity index (χ2v) is 14.6. The Bertz CT molecular complexity index is 1970. The summed E-state index contributed by atoms with van der Waals surface area (Å²) in [5, 5.41) is 33.9. The lowest BCUT2D eigenvalue weighted by atomic mass is 9.92. The van der Waals surface area contributed by atoms with E-state index in [1.165, 1.54) is 34.8 Å². The molecular formula is C35H41N9O8S2. The zero-order valence-electron chi connectivity index (χ0n) is 29.2. The van der Waals surface area contributed by atoms with E-state index in [2.05, 4.69) is 36.6 Å². The first-order valence-electron chi connectivity index (χ1n) is 16.6. The molecule has 0 aliphatic carbocycles. The Balaban J connectivity index is 0.000000241. The van der Waals surface area contributed by atoms with Gasteiger partial charge in [-0.2, -0.15) is 0 Å². The van der Waals surface area contributed by atoms with E-state index >= 15 is 0 Å². The zero-order valence-corrected chi connectivity index (χ0v) is 30.9. The largest absolute Gasteiger partial charge is 0.508 e. The Kier molecular flexibility index (Phi) is 14.8. The molecule has 0 spiro atoms. The highest BCUT2D eigenvalue weighted by Gasteiger charge is 2.22. The predicted octanol–water partition coefficient (Wildman–Crippen LogP) is 0.482. The van der Waals surface area contributed by atoms with Crippen LogP contribution in [-0.4, -0.2) is 87.7 Å². The molecule has 1 aliphatic heterocycles. The molecule has 2 aromatic heterocycles. The number of primary amides is 2. The number of benzene rings is 2. The van der Waals surface area contributed by atoms with Crippen molar-refractivity contribution in [1.29, 1.82) is 0 Å². The third-order valence-electron chi connectivity index (χ3n) is 7.83. The van der Waals surface area contributed by atoms with Gasteiger partial charge in [0.05, 0.1) is 26.2 Å². The topological polar surface area (TPSA) is 281 Å². The molecule has 2 aromatic carbocycles. The number of carbonyl (C=O) groups excluding carboxylic acids is 6. The molecule has 286 valence electrons. The van der Waals surface area contributed by atoms with Gasteiger partial charge in [0, 0.05) is 47.3 Å². The van der Waals surface area contributed by atoms with Gasteiger partial charge in [-0.05, 0) is 48.2 Å². The summed E-state index contributed by atoms with van der Waals surface area (Å²) < 4.78 is 0. The number of carbonyl (C=O) groups is 6. The zero-order chi connectivity index (χ0) is 39.2. The van der Waals surface area contributed by atoms with Gasteiger partial charge >= 0.3 is 0 Å². The Morgan fingerprint density at radius 1 is 0.926 bits per heavy atom. The Hall–Kier alpha value is -6.08. The maximum absolute atomic E-state index is 12.1. The Labute approximate surface area is 318 Å². The number of aryl methyl sites for hydroxylation is 1. The number of ketones is 1. The highest BCUT2D eigenvalue weighted by atomic mass is 32.1. The van der Waals surface area contributed by atoms with Crippen molar-refractivity contribution in [2.24, 2.45) is 17.4 Å².